The second kappa shape index (κ2) is 11.8. The molecule has 0 fully saturated rings. The van der Waals surface area contributed by atoms with E-state index in [1.54, 1.807) is 42.5 Å². The number of amides is 1. The average molecular weight is 476 g/mol. The molecule has 0 saturated carbocycles. The van der Waals surface area contributed by atoms with Crippen LogP contribution in [0.25, 0.3) is 6.08 Å². The maximum absolute atomic E-state index is 12.2. The van der Waals surface area contributed by atoms with Crippen LogP contribution in [0.4, 0.5) is 11.4 Å². The number of allylic oxidation sites excluding steroid dienone is 1. The number of nitro groups is 1. The van der Waals surface area contributed by atoms with Crippen molar-refractivity contribution in [3.8, 4) is 0 Å². The Morgan fingerprint density at radius 2 is 1.63 bits per heavy atom. The van der Waals surface area contributed by atoms with Gasteiger partial charge in [0.25, 0.3) is 5.69 Å². The van der Waals surface area contributed by atoms with Crippen molar-refractivity contribution < 1.29 is 33.3 Å². The minimum absolute atomic E-state index is 0.160. The zero-order valence-corrected chi connectivity index (χ0v) is 18.3. The Labute approximate surface area is 199 Å². The number of ether oxygens (including phenoxy) is 1. The molecule has 0 atom stereocenters. The van der Waals surface area contributed by atoms with E-state index in [0.29, 0.717) is 17.0 Å². The van der Waals surface area contributed by atoms with Crippen molar-refractivity contribution in [2.45, 2.75) is 12.8 Å². The van der Waals surface area contributed by atoms with Crippen molar-refractivity contribution in [2.24, 2.45) is 0 Å². The third-order valence-electron chi connectivity index (χ3n) is 4.72. The van der Waals surface area contributed by atoms with E-state index in [2.05, 4.69) is 5.32 Å². The van der Waals surface area contributed by atoms with Crippen molar-refractivity contribution >= 4 is 40.9 Å². The normalized spacial score (nSPS) is 10.6. The van der Waals surface area contributed by atoms with Gasteiger partial charge in [0, 0.05) is 35.4 Å². The number of anilines is 1. The van der Waals surface area contributed by atoms with Gasteiger partial charge in [0.2, 0.25) is 5.91 Å². The summed E-state index contributed by atoms with van der Waals surface area (Å²) in [4.78, 5) is 58.2. The predicted octanol–water partition coefficient (Wildman–Crippen LogP) is 4.23. The largest absolute Gasteiger partial charge is 0.465 e. The van der Waals surface area contributed by atoms with Crippen LogP contribution < -0.4 is 5.32 Å². The molecule has 0 spiro atoms. The van der Waals surface area contributed by atoms with Crippen LogP contribution in [0.1, 0.15) is 39.3 Å². The van der Waals surface area contributed by atoms with E-state index >= 15 is 0 Å². The van der Waals surface area contributed by atoms with Crippen LogP contribution in [0.2, 0.25) is 0 Å². The summed E-state index contributed by atoms with van der Waals surface area (Å²) in [7, 11) is 0. The molecule has 1 N–H and O–H groups in total. The van der Waals surface area contributed by atoms with E-state index in [1.807, 2.05) is 0 Å². The van der Waals surface area contributed by atoms with E-state index in [4.69, 9.17) is 9.15 Å². The van der Waals surface area contributed by atoms with Crippen molar-refractivity contribution in [2.75, 3.05) is 11.9 Å². The van der Waals surface area contributed by atoms with Crippen LogP contribution in [-0.4, -0.2) is 35.0 Å². The highest BCUT2D eigenvalue weighted by Gasteiger charge is 2.14. The zero-order valence-electron chi connectivity index (χ0n) is 18.3. The lowest BCUT2D eigenvalue weighted by Crippen LogP contribution is -2.17. The average Bonchev–Trinajstić information content (AvgIpc) is 3.39. The highest BCUT2D eigenvalue weighted by molar-refractivity contribution is 6.07. The molecule has 178 valence electrons. The van der Waals surface area contributed by atoms with Gasteiger partial charge in [-0.05, 0) is 60.7 Å². The van der Waals surface area contributed by atoms with Crippen LogP contribution in [0.15, 0.2) is 77.4 Å². The molecule has 1 heterocycles. The molecule has 1 aromatic heterocycles. The standard InChI is InChI=1S/C25H20N2O8/c28-22(12-11-21-2-1-15-34-21)17-3-7-19(8-4-17)26-24(30)13-14-25(31)35-16-23(29)18-5-9-20(10-6-18)27(32)33/h1-12,15H,13-14,16H2,(H,26,30). The number of nitro benzene ring substituents is 1. The molecule has 0 aliphatic rings. The fourth-order valence-electron chi connectivity index (χ4n) is 2.87. The quantitative estimate of drug-likeness (QED) is 0.142. The predicted molar refractivity (Wildman–Crippen MR) is 125 cm³/mol. The van der Waals surface area contributed by atoms with Crippen LogP contribution in [-0.2, 0) is 14.3 Å². The molecule has 0 aliphatic heterocycles. The summed E-state index contributed by atoms with van der Waals surface area (Å²) in [6.45, 7) is -0.540. The van der Waals surface area contributed by atoms with Gasteiger partial charge in [-0.15, -0.1) is 0 Å². The summed E-state index contributed by atoms with van der Waals surface area (Å²) in [5.74, 6) is -1.38. The molecule has 10 heteroatoms. The highest BCUT2D eigenvalue weighted by Crippen LogP contribution is 2.14. The van der Waals surface area contributed by atoms with E-state index in [0.717, 1.165) is 0 Å². The second-order valence-corrected chi connectivity index (χ2v) is 7.23. The van der Waals surface area contributed by atoms with Crippen LogP contribution in [0.5, 0.6) is 0 Å². The van der Waals surface area contributed by atoms with E-state index in [-0.39, 0.29) is 29.9 Å². The highest BCUT2D eigenvalue weighted by atomic mass is 16.6. The zero-order chi connectivity index (χ0) is 25.2. The number of Topliss-reactive ketones (excluding diaryl/α,β-unsaturated/α-hetero) is 1. The second-order valence-electron chi connectivity index (χ2n) is 7.23. The van der Waals surface area contributed by atoms with Crippen LogP contribution in [0, 0.1) is 10.1 Å². The number of carbonyl (C=O) groups excluding carboxylic acids is 4. The molecule has 3 aromatic rings. The molecule has 0 aliphatic carbocycles. The Morgan fingerprint density at radius 3 is 2.26 bits per heavy atom. The van der Waals surface area contributed by atoms with Gasteiger partial charge < -0.3 is 14.5 Å². The first-order chi connectivity index (χ1) is 16.8. The summed E-state index contributed by atoms with van der Waals surface area (Å²) in [6.07, 6.45) is 4.02. The number of ketones is 2. The van der Waals surface area contributed by atoms with Crippen molar-refractivity contribution in [3.63, 3.8) is 0 Å². The molecule has 3 rings (SSSR count). The number of furan rings is 1. The molecule has 0 saturated heterocycles. The topological polar surface area (TPSA) is 146 Å². The van der Waals surface area contributed by atoms with Gasteiger partial charge in [-0.25, -0.2) is 0 Å². The van der Waals surface area contributed by atoms with Gasteiger partial charge >= 0.3 is 5.97 Å². The lowest BCUT2D eigenvalue weighted by Gasteiger charge is -2.07. The lowest BCUT2D eigenvalue weighted by atomic mass is 10.1. The minimum Gasteiger partial charge on any atom is -0.465 e. The number of nitrogens with one attached hydrogen (secondary N) is 1. The van der Waals surface area contributed by atoms with E-state index in [1.165, 1.54) is 36.6 Å². The molecule has 0 bridgehead atoms. The molecule has 35 heavy (non-hydrogen) atoms. The number of hydrogen-bond donors (Lipinski definition) is 1. The fraction of sp³-hybridized carbons (Fsp3) is 0.120. The summed E-state index contributed by atoms with van der Waals surface area (Å²) in [5.41, 5.74) is 0.877. The number of nitrogens with zero attached hydrogens (tertiary/aromatic N) is 1. The van der Waals surface area contributed by atoms with Crippen LogP contribution in [0.3, 0.4) is 0 Å². The minimum atomic E-state index is -0.736. The third kappa shape index (κ3) is 7.60. The summed E-state index contributed by atoms with van der Waals surface area (Å²) >= 11 is 0. The maximum Gasteiger partial charge on any atom is 0.306 e. The number of carbonyl (C=O) groups is 4. The SMILES string of the molecule is O=C(CCC(=O)OCC(=O)c1ccc([N+](=O)[O-])cc1)Nc1ccc(C(=O)C=Cc2ccco2)cc1. The smallest absolute Gasteiger partial charge is 0.306 e. The molecule has 2 aromatic carbocycles. The van der Waals surface area contributed by atoms with Gasteiger partial charge in [-0.3, -0.25) is 29.3 Å². The molecule has 0 unspecified atom stereocenters. The molecule has 1 amide bonds. The fourth-order valence-corrected chi connectivity index (χ4v) is 2.87. The first kappa shape index (κ1) is 24.8. The Kier molecular flexibility index (Phi) is 8.38. The monoisotopic (exact) mass is 476 g/mol. The van der Waals surface area contributed by atoms with Gasteiger partial charge in [0.15, 0.2) is 18.2 Å². The Morgan fingerprint density at radius 1 is 0.943 bits per heavy atom. The number of rotatable bonds is 11. The van der Waals surface area contributed by atoms with E-state index in [9.17, 15) is 29.3 Å². The molecular weight excluding hydrogens is 456 g/mol. The Hall–Kier alpha value is -4.86. The summed E-state index contributed by atoms with van der Waals surface area (Å²) in [6, 6.07) is 14.6. The lowest BCUT2D eigenvalue weighted by molar-refractivity contribution is -0.384. The number of non-ortho nitro benzene ring substituents is 1. The number of benzene rings is 2. The Balaban J connectivity index is 1.39. The summed E-state index contributed by atoms with van der Waals surface area (Å²) < 4.78 is 10.00. The molecular formula is C25H20N2O8. The van der Waals surface area contributed by atoms with Crippen molar-refractivity contribution in [1.29, 1.82) is 0 Å². The van der Waals surface area contributed by atoms with Gasteiger partial charge in [0.05, 0.1) is 17.6 Å². The van der Waals surface area contributed by atoms with Crippen molar-refractivity contribution in [1.82, 2.24) is 0 Å². The first-order valence-corrected chi connectivity index (χ1v) is 10.4. The van der Waals surface area contributed by atoms with Crippen molar-refractivity contribution in [3.05, 3.63) is 100 Å². The summed E-state index contributed by atoms with van der Waals surface area (Å²) in [5, 5.41) is 13.3. The first-order valence-electron chi connectivity index (χ1n) is 10.4. The molecule has 10 nitrogen and oxygen atoms in total. The maximum atomic E-state index is 12.2. The number of hydrogen-bond acceptors (Lipinski definition) is 8. The number of esters is 1. The Bertz CT molecular complexity index is 1240. The van der Waals surface area contributed by atoms with Crippen LogP contribution >= 0.6 is 0 Å². The van der Waals surface area contributed by atoms with Gasteiger partial charge in [0.1, 0.15) is 5.76 Å². The van der Waals surface area contributed by atoms with Gasteiger partial charge in [-0.1, -0.05) is 0 Å². The third-order valence-corrected chi connectivity index (χ3v) is 4.72. The molecule has 0 radical (unpaired) electrons. The van der Waals surface area contributed by atoms with Gasteiger partial charge in [-0.2, -0.15) is 0 Å². The van der Waals surface area contributed by atoms with E-state index < -0.39 is 29.2 Å².